The number of hydrogen-bond donors (Lipinski definition) is 3. The van der Waals surface area contributed by atoms with Crippen LogP contribution in [0.15, 0.2) is 24.3 Å². The molecular weight excluding hydrogens is 340 g/mol. The lowest BCUT2D eigenvalue weighted by molar-refractivity contribution is -0.135. The molecule has 0 radical (unpaired) electrons. The van der Waals surface area contributed by atoms with Gasteiger partial charge in [0.1, 0.15) is 12.2 Å². The number of amides is 2. The highest BCUT2D eigenvalue weighted by atomic mass is 16.5. The summed E-state index contributed by atoms with van der Waals surface area (Å²) in [4.78, 5) is 34.2. The monoisotopic (exact) mass is 360 g/mol. The molecule has 0 unspecified atom stereocenters. The first kappa shape index (κ1) is 19.0. The normalized spacial score (nSPS) is 10.3. The molecular formula is C17H20N4O5. The molecule has 3 N–H and O–H groups in total. The smallest absolute Gasteiger partial charge is 0.322 e. The molecule has 2 aromatic rings. The lowest BCUT2D eigenvalue weighted by Crippen LogP contribution is -2.29. The number of aliphatic carboxylic acids is 1. The van der Waals surface area contributed by atoms with Crippen LogP contribution in [0.1, 0.15) is 21.7 Å². The van der Waals surface area contributed by atoms with Gasteiger partial charge in [-0.25, -0.2) is 0 Å². The highest BCUT2D eigenvalue weighted by Gasteiger charge is 2.13. The number of carboxylic acids is 1. The van der Waals surface area contributed by atoms with E-state index in [0.29, 0.717) is 22.7 Å². The van der Waals surface area contributed by atoms with Gasteiger partial charge in [0, 0.05) is 18.3 Å². The van der Waals surface area contributed by atoms with Gasteiger partial charge < -0.3 is 20.5 Å². The van der Waals surface area contributed by atoms with E-state index in [4.69, 9.17) is 9.84 Å². The Balaban J connectivity index is 1.89. The van der Waals surface area contributed by atoms with Crippen molar-refractivity contribution in [2.45, 2.75) is 13.8 Å². The summed E-state index contributed by atoms with van der Waals surface area (Å²) >= 11 is 0. The van der Waals surface area contributed by atoms with Gasteiger partial charge in [0.15, 0.2) is 12.4 Å². The van der Waals surface area contributed by atoms with Crippen LogP contribution in [0.2, 0.25) is 0 Å². The molecule has 138 valence electrons. The number of nitrogens with one attached hydrogen (secondary N) is 2. The molecule has 1 aromatic carbocycles. The Labute approximate surface area is 150 Å². The molecule has 2 amide bonds. The third kappa shape index (κ3) is 4.82. The summed E-state index contributed by atoms with van der Waals surface area (Å²) in [6.45, 7) is 3.02. The number of carbonyl (C=O) groups excluding carboxylic acids is 2. The lowest BCUT2D eigenvalue weighted by atomic mass is 10.2. The summed E-state index contributed by atoms with van der Waals surface area (Å²) in [5, 5.41) is 17.7. The second kappa shape index (κ2) is 8.15. The number of hydrogen-bond acceptors (Lipinski definition) is 5. The van der Waals surface area contributed by atoms with Crippen LogP contribution in [-0.4, -0.2) is 45.8 Å². The van der Waals surface area contributed by atoms with E-state index < -0.39 is 18.4 Å². The van der Waals surface area contributed by atoms with Crippen LogP contribution in [0.5, 0.6) is 5.75 Å². The molecule has 9 nitrogen and oxygen atoms in total. The van der Waals surface area contributed by atoms with Gasteiger partial charge in [-0.2, -0.15) is 5.10 Å². The van der Waals surface area contributed by atoms with Gasteiger partial charge in [-0.3, -0.25) is 19.1 Å². The largest absolute Gasteiger partial charge is 0.480 e. The van der Waals surface area contributed by atoms with Gasteiger partial charge in [0.25, 0.3) is 11.8 Å². The van der Waals surface area contributed by atoms with Crippen molar-refractivity contribution in [3.8, 4) is 5.75 Å². The number of ether oxygens (including phenoxy) is 1. The molecule has 1 heterocycles. The number of rotatable bonds is 7. The van der Waals surface area contributed by atoms with Gasteiger partial charge in [-0.15, -0.1) is 0 Å². The van der Waals surface area contributed by atoms with Crippen LogP contribution >= 0.6 is 0 Å². The molecule has 0 aliphatic carbocycles. The molecule has 0 fully saturated rings. The van der Waals surface area contributed by atoms with Crippen LogP contribution < -0.4 is 15.4 Å². The van der Waals surface area contributed by atoms with Crippen molar-refractivity contribution in [1.82, 2.24) is 15.1 Å². The molecule has 2 rings (SSSR count). The van der Waals surface area contributed by atoms with E-state index in [2.05, 4.69) is 15.7 Å². The van der Waals surface area contributed by atoms with Gasteiger partial charge in [0.2, 0.25) is 0 Å². The van der Waals surface area contributed by atoms with Crippen molar-refractivity contribution >= 4 is 23.5 Å². The molecule has 1 aromatic heterocycles. The fraction of sp³-hybridized carbons (Fsp3) is 0.294. The maximum absolute atomic E-state index is 12.0. The quantitative estimate of drug-likeness (QED) is 0.673. The van der Waals surface area contributed by atoms with E-state index in [9.17, 15) is 14.4 Å². The fourth-order valence-corrected chi connectivity index (χ4v) is 2.26. The van der Waals surface area contributed by atoms with E-state index in [0.717, 1.165) is 5.69 Å². The van der Waals surface area contributed by atoms with Crippen LogP contribution in [0, 0.1) is 13.8 Å². The van der Waals surface area contributed by atoms with Crippen LogP contribution in [0.25, 0.3) is 0 Å². The SMILES string of the molecule is Cc1nn(C)c(C)c1OCC(=O)Nc1ccc(C(=O)NCC(=O)O)cc1. The molecule has 0 aliphatic rings. The summed E-state index contributed by atoms with van der Waals surface area (Å²) in [7, 11) is 1.80. The third-order valence-electron chi connectivity index (χ3n) is 3.62. The Bertz CT molecular complexity index is 826. The summed E-state index contributed by atoms with van der Waals surface area (Å²) in [5.41, 5.74) is 2.32. The number of carbonyl (C=O) groups is 3. The summed E-state index contributed by atoms with van der Waals surface area (Å²) < 4.78 is 7.20. The zero-order valence-corrected chi connectivity index (χ0v) is 14.7. The summed E-state index contributed by atoms with van der Waals surface area (Å²) in [5.74, 6) is -1.40. The van der Waals surface area contributed by atoms with Gasteiger partial charge in [-0.05, 0) is 38.1 Å². The summed E-state index contributed by atoms with van der Waals surface area (Å²) in [6.07, 6.45) is 0. The van der Waals surface area contributed by atoms with Gasteiger partial charge in [-0.1, -0.05) is 0 Å². The number of anilines is 1. The Morgan fingerprint density at radius 1 is 1.19 bits per heavy atom. The molecule has 0 saturated heterocycles. The zero-order chi connectivity index (χ0) is 19.3. The van der Waals surface area contributed by atoms with E-state index >= 15 is 0 Å². The second-order valence-corrected chi connectivity index (χ2v) is 5.61. The number of carboxylic acid groups (broad SMARTS) is 1. The van der Waals surface area contributed by atoms with Crippen molar-refractivity contribution in [2.75, 3.05) is 18.5 Å². The number of aryl methyl sites for hydroxylation is 2. The summed E-state index contributed by atoms with van der Waals surface area (Å²) in [6, 6.07) is 6.08. The predicted molar refractivity (Wildman–Crippen MR) is 93.2 cm³/mol. The van der Waals surface area contributed by atoms with Crippen LogP contribution in [0.4, 0.5) is 5.69 Å². The van der Waals surface area contributed by atoms with Crippen molar-refractivity contribution in [3.05, 3.63) is 41.2 Å². The molecule has 0 saturated carbocycles. The van der Waals surface area contributed by atoms with E-state index in [1.807, 2.05) is 6.92 Å². The van der Waals surface area contributed by atoms with Gasteiger partial charge >= 0.3 is 5.97 Å². The molecule has 0 bridgehead atoms. The first-order chi connectivity index (χ1) is 12.3. The molecule has 0 atom stereocenters. The van der Waals surface area contributed by atoms with Crippen molar-refractivity contribution in [2.24, 2.45) is 7.05 Å². The van der Waals surface area contributed by atoms with Gasteiger partial charge in [0.05, 0.1) is 5.69 Å². The number of aromatic nitrogens is 2. The Kier molecular flexibility index (Phi) is 5.94. The Morgan fingerprint density at radius 2 is 1.85 bits per heavy atom. The van der Waals surface area contributed by atoms with E-state index in [1.165, 1.54) is 12.1 Å². The first-order valence-electron chi connectivity index (χ1n) is 7.81. The molecule has 0 aliphatic heterocycles. The highest BCUT2D eigenvalue weighted by Crippen LogP contribution is 2.21. The third-order valence-corrected chi connectivity index (χ3v) is 3.62. The minimum atomic E-state index is -1.12. The number of benzene rings is 1. The number of nitrogens with zero attached hydrogens (tertiary/aromatic N) is 2. The average Bonchev–Trinajstić information content (AvgIpc) is 2.83. The zero-order valence-electron chi connectivity index (χ0n) is 14.7. The average molecular weight is 360 g/mol. The maximum Gasteiger partial charge on any atom is 0.322 e. The predicted octanol–water partition coefficient (Wildman–Crippen LogP) is 0.869. The second-order valence-electron chi connectivity index (χ2n) is 5.61. The molecule has 0 spiro atoms. The fourth-order valence-electron chi connectivity index (χ4n) is 2.26. The Morgan fingerprint density at radius 3 is 2.38 bits per heavy atom. The van der Waals surface area contributed by atoms with Crippen molar-refractivity contribution < 1.29 is 24.2 Å². The minimum absolute atomic E-state index is 0.172. The standard InChI is InChI=1S/C17H20N4O5/c1-10-16(11(2)21(3)20-10)26-9-14(22)19-13-6-4-12(5-7-13)17(25)18-8-15(23)24/h4-7H,8-9H2,1-3H3,(H,18,25)(H,19,22)(H,23,24). The highest BCUT2D eigenvalue weighted by molar-refractivity contribution is 5.97. The van der Waals surface area contributed by atoms with Crippen LogP contribution in [0.3, 0.4) is 0 Å². The molecule has 26 heavy (non-hydrogen) atoms. The lowest BCUT2D eigenvalue weighted by Gasteiger charge is -2.08. The van der Waals surface area contributed by atoms with Crippen molar-refractivity contribution in [1.29, 1.82) is 0 Å². The van der Waals surface area contributed by atoms with Crippen molar-refractivity contribution in [3.63, 3.8) is 0 Å². The minimum Gasteiger partial charge on any atom is -0.480 e. The first-order valence-corrected chi connectivity index (χ1v) is 7.81. The van der Waals surface area contributed by atoms with Crippen LogP contribution in [-0.2, 0) is 16.6 Å². The topological polar surface area (TPSA) is 123 Å². The Hall–Kier alpha value is -3.36. The van der Waals surface area contributed by atoms with E-state index in [1.54, 1.807) is 30.8 Å². The molecule has 9 heteroatoms. The maximum atomic E-state index is 12.0. The van der Waals surface area contributed by atoms with E-state index in [-0.39, 0.29) is 12.5 Å².